The maximum Gasteiger partial charge on any atom is 0.241 e. The summed E-state index contributed by atoms with van der Waals surface area (Å²) >= 11 is 0. The van der Waals surface area contributed by atoms with Crippen LogP contribution in [0.1, 0.15) is 51.5 Å². The molecular formula is C20H32ClN3O3S. The van der Waals surface area contributed by atoms with Gasteiger partial charge in [0.2, 0.25) is 15.9 Å². The largest absolute Gasteiger partial charge is 0.352 e. The van der Waals surface area contributed by atoms with E-state index in [1.165, 1.54) is 0 Å². The highest BCUT2D eigenvalue weighted by molar-refractivity contribution is 7.89. The molecule has 0 aromatic heterocycles. The summed E-state index contributed by atoms with van der Waals surface area (Å²) in [5.41, 5.74) is 0.992. The molecule has 6 nitrogen and oxygen atoms in total. The zero-order valence-electron chi connectivity index (χ0n) is 16.8. The van der Waals surface area contributed by atoms with Crippen molar-refractivity contribution in [2.75, 3.05) is 0 Å². The Bertz CT molecular complexity index is 755. The van der Waals surface area contributed by atoms with Crippen LogP contribution in [-0.2, 0) is 14.8 Å². The van der Waals surface area contributed by atoms with Gasteiger partial charge in [-0.1, -0.05) is 31.5 Å². The maximum atomic E-state index is 12.9. The minimum absolute atomic E-state index is 0. The first-order valence-corrected chi connectivity index (χ1v) is 11.4. The molecule has 1 aromatic carbocycles. The summed E-state index contributed by atoms with van der Waals surface area (Å²) in [5.74, 6) is -0.0173. The zero-order chi connectivity index (χ0) is 19.6. The minimum atomic E-state index is -3.74. The van der Waals surface area contributed by atoms with Gasteiger partial charge >= 0.3 is 0 Å². The van der Waals surface area contributed by atoms with E-state index in [0.717, 1.165) is 31.2 Å². The number of aryl methyl sites for hydroxylation is 1. The number of carbonyl (C=O) groups is 1. The molecule has 0 aliphatic carbocycles. The SMILES string of the molecule is Cc1ccc(S(=O)(=O)NC(CC(C)C)C(=O)NC2CC3CCC(C2)N3)cc1.Cl. The lowest BCUT2D eigenvalue weighted by Crippen LogP contribution is -2.53. The van der Waals surface area contributed by atoms with Crippen molar-refractivity contribution in [2.45, 2.75) is 81.9 Å². The standard InChI is InChI=1S/C20H31N3O3S.ClH/c1-13(2)10-19(23-27(25,26)18-8-4-14(3)5-9-18)20(24)22-17-11-15-6-7-16(12-17)21-15;/h4-5,8-9,13,15-17,19,21,23H,6-7,10-12H2,1-3H3,(H,22,24);1H. The molecule has 3 rings (SSSR count). The molecule has 8 heteroatoms. The molecule has 28 heavy (non-hydrogen) atoms. The number of hydrogen-bond acceptors (Lipinski definition) is 4. The topological polar surface area (TPSA) is 87.3 Å². The van der Waals surface area contributed by atoms with Gasteiger partial charge in [0, 0.05) is 18.1 Å². The second-order valence-electron chi connectivity index (χ2n) is 8.43. The average molecular weight is 430 g/mol. The number of amides is 1. The van der Waals surface area contributed by atoms with Gasteiger partial charge in [-0.25, -0.2) is 8.42 Å². The number of piperidine rings is 1. The van der Waals surface area contributed by atoms with Gasteiger partial charge in [0.1, 0.15) is 6.04 Å². The van der Waals surface area contributed by atoms with Crippen molar-refractivity contribution >= 4 is 28.3 Å². The monoisotopic (exact) mass is 429 g/mol. The normalized spacial score (nSPS) is 25.2. The lowest BCUT2D eigenvalue weighted by Gasteiger charge is -2.31. The zero-order valence-corrected chi connectivity index (χ0v) is 18.4. The molecule has 1 amide bonds. The van der Waals surface area contributed by atoms with Crippen LogP contribution in [0.15, 0.2) is 29.2 Å². The van der Waals surface area contributed by atoms with E-state index in [4.69, 9.17) is 0 Å². The predicted octanol–water partition coefficient (Wildman–Crippen LogP) is 2.51. The molecule has 2 saturated heterocycles. The molecule has 0 saturated carbocycles. The molecule has 3 atom stereocenters. The number of rotatable bonds is 7. The third-order valence-electron chi connectivity index (χ3n) is 5.47. The first kappa shape index (κ1) is 23.1. The second kappa shape index (κ2) is 9.57. The number of hydrogen-bond donors (Lipinski definition) is 3. The highest BCUT2D eigenvalue weighted by Crippen LogP contribution is 2.27. The van der Waals surface area contributed by atoms with Crippen LogP contribution in [0.4, 0.5) is 0 Å². The van der Waals surface area contributed by atoms with Gasteiger partial charge in [0.15, 0.2) is 0 Å². The molecule has 2 fully saturated rings. The van der Waals surface area contributed by atoms with E-state index in [1.807, 2.05) is 20.8 Å². The first-order chi connectivity index (χ1) is 12.7. The van der Waals surface area contributed by atoms with Crippen LogP contribution in [0.3, 0.4) is 0 Å². The van der Waals surface area contributed by atoms with E-state index in [-0.39, 0.29) is 35.2 Å². The van der Waals surface area contributed by atoms with Crippen LogP contribution in [0, 0.1) is 12.8 Å². The number of carbonyl (C=O) groups excluding carboxylic acids is 1. The second-order valence-corrected chi connectivity index (χ2v) is 10.1. The summed E-state index contributed by atoms with van der Waals surface area (Å²) in [6.07, 6.45) is 4.62. The smallest absolute Gasteiger partial charge is 0.241 e. The van der Waals surface area contributed by atoms with E-state index in [2.05, 4.69) is 15.4 Å². The summed E-state index contributed by atoms with van der Waals surface area (Å²) in [4.78, 5) is 13.1. The van der Waals surface area contributed by atoms with E-state index in [9.17, 15) is 13.2 Å². The Morgan fingerprint density at radius 2 is 1.71 bits per heavy atom. The van der Waals surface area contributed by atoms with Crippen LogP contribution in [0.2, 0.25) is 0 Å². The highest BCUT2D eigenvalue weighted by Gasteiger charge is 2.35. The van der Waals surface area contributed by atoms with Gasteiger partial charge in [-0.05, 0) is 57.1 Å². The molecule has 2 bridgehead atoms. The molecule has 3 unspecified atom stereocenters. The number of benzene rings is 1. The van der Waals surface area contributed by atoms with Crippen molar-refractivity contribution in [2.24, 2.45) is 5.92 Å². The van der Waals surface area contributed by atoms with Crippen molar-refractivity contribution in [3.8, 4) is 0 Å². The van der Waals surface area contributed by atoms with Crippen LogP contribution < -0.4 is 15.4 Å². The van der Waals surface area contributed by atoms with Crippen molar-refractivity contribution in [3.63, 3.8) is 0 Å². The molecule has 0 radical (unpaired) electrons. The van der Waals surface area contributed by atoms with Crippen LogP contribution in [-0.4, -0.2) is 38.5 Å². The van der Waals surface area contributed by atoms with Crippen LogP contribution in [0.5, 0.6) is 0 Å². The quantitative estimate of drug-likeness (QED) is 0.621. The Labute approximate surface area is 174 Å². The summed E-state index contributed by atoms with van der Waals surface area (Å²) in [6.45, 7) is 5.89. The summed E-state index contributed by atoms with van der Waals surface area (Å²) in [5, 5.41) is 6.66. The molecule has 1 aromatic rings. The molecule has 158 valence electrons. The van der Waals surface area contributed by atoms with Gasteiger partial charge in [0.25, 0.3) is 0 Å². The number of nitrogens with one attached hydrogen (secondary N) is 3. The molecular weight excluding hydrogens is 398 g/mol. The third kappa shape index (κ3) is 5.92. The van der Waals surface area contributed by atoms with E-state index in [1.54, 1.807) is 24.3 Å². The maximum absolute atomic E-state index is 12.9. The molecule has 0 spiro atoms. The van der Waals surface area contributed by atoms with Crippen molar-refractivity contribution in [1.82, 2.24) is 15.4 Å². The fourth-order valence-electron chi connectivity index (χ4n) is 4.13. The lowest BCUT2D eigenvalue weighted by atomic mass is 9.98. The third-order valence-corrected chi connectivity index (χ3v) is 6.96. The van der Waals surface area contributed by atoms with E-state index in [0.29, 0.717) is 18.5 Å². The molecule has 2 heterocycles. The highest BCUT2D eigenvalue weighted by atomic mass is 35.5. The first-order valence-electron chi connectivity index (χ1n) is 9.88. The van der Waals surface area contributed by atoms with E-state index < -0.39 is 16.1 Å². The Hall–Kier alpha value is -1.15. The fourth-order valence-corrected chi connectivity index (χ4v) is 5.34. The van der Waals surface area contributed by atoms with Gasteiger partial charge in [-0.2, -0.15) is 4.72 Å². The van der Waals surface area contributed by atoms with Crippen molar-refractivity contribution < 1.29 is 13.2 Å². The fraction of sp³-hybridized carbons (Fsp3) is 0.650. The van der Waals surface area contributed by atoms with Gasteiger partial charge < -0.3 is 10.6 Å². The molecule has 2 aliphatic rings. The average Bonchev–Trinajstić information content (AvgIpc) is 2.92. The van der Waals surface area contributed by atoms with Gasteiger partial charge in [-0.15, -0.1) is 12.4 Å². The summed E-state index contributed by atoms with van der Waals surface area (Å²) in [7, 11) is -3.74. The predicted molar refractivity (Wildman–Crippen MR) is 113 cm³/mol. The number of sulfonamides is 1. The van der Waals surface area contributed by atoms with E-state index >= 15 is 0 Å². The molecule has 3 N–H and O–H groups in total. The Morgan fingerprint density at radius 3 is 2.25 bits per heavy atom. The number of halogens is 1. The van der Waals surface area contributed by atoms with Gasteiger partial charge in [-0.3, -0.25) is 4.79 Å². The minimum Gasteiger partial charge on any atom is -0.352 e. The van der Waals surface area contributed by atoms with Gasteiger partial charge in [0.05, 0.1) is 4.90 Å². The van der Waals surface area contributed by atoms with Crippen LogP contribution >= 0.6 is 12.4 Å². The Morgan fingerprint density at radius 1 is 1.14 bits per heavy atom. The van der Waals surface area contributed by atoms with Crippen molar-refractivity contribution in [1.29, 1.82) is 0 Å². The summed E-state index contributed by atoms with van der Waals surface area (Å²) in [6, 6.07) is 6.98. The van der Waals surface area contributed by atoms with Crippen LogP contribution in [0.25, 0.3) is 0 Å². The summed E-state index contributed by atoms with van der Waals surface area (Å²) < 4.78 is 28.1. The number of fused-ring (bicyclic) bond motifs is 2. The lowest BCUT2D eigenvalue weighted by molar-refractivity contribution is -0.124. The van der Waals surface area contributed by atoms with Crippen molar-refractivity contribution in [3.05, 3.63) is 29.8 Å². The molecule has 2 aliphatic heterocycles. The Kier molecular flexibility index (Phi) is 7.90. The Balaban J connectivity index is 0.00000280.